The van der Waals surface area contributed by atoms with Crippen LogP contribution in [0.25, 0.3) is 0 Å². The van der Waals surface area contributed by atoms with Crippen LogP contribution < -0.4 is 14.8 Å². The molecule has 3 rings (SSSR count). The van der Waals surface area contributed by atoms with E-state index in [1.54, 1.807) is 23.8 Å². The van der Waals surface area contributed by atoms with Gasteiger partial charge in [-0.2, -0.15) is 0 Å². The Balaban J connectivity index is 1.65. The number of alkyl carbamates (subject to hydrolysis) is 1. The second kappa shape index (κ2) is 9.81. The fraction of sp³-hybridized carbons (Fsp3) is 0.636. The number of carbonyl (C=O) groups excluding carboxylic acids is 2. The van der Waals surface area contributed by atoms with Gasteiger partial charge in [-0.3, -0.25) is 4.79 Å². The zero-order valence-electron chi connectivity index (χ0n) is 18.2. The van der Waals surface area contributed by atoms with Gasteiger partial charge in [0, 0.05) is 13.1 Å². The molecule has 2 aliphatic rings. The second-order valence-corrected chi connectivity index (χ2v) is 9.68. The van der Waals surface area contributed by atoms with E-state index in [4.69, 9.17) is 14.2 Å². The van der Waals surface area contributed by atoms with Gasteiger partial charge in [-0.05, 0) is 64.2 Å². The number of methoxy groups -OCH3 is 1. The Hall–Kier alpha value is -2.09. The number of nitrogens with one attached hydrogen (secondary N) is 1. The standard InChI is InChI=1S/C22H32N2O5S/c1-22(2,3)29-21(26)23-11-12-24-19(25)14-30-20(24)15-9-10-17(27-4)18(13-15)28-16-7-5-6-8-16/h9-10,13,16,20H,5-8,11-12,14H2,1-4H3,(H,23,26). The molecule has 2 amide bonds. The molecule has 1 aliphatic carbocycles. The number of hydrogen-bond donors (Lipinski definition) is 1. The predicted octanol–water partition coefficient (Wildman–Crippen LogP) is 4.12. The van der Waals surface area contributed by atoms with Crippen LogP contribution in [-0.4, -0.2) is 54.6 Å². The Labute approximate surface area is 182 Å². The summed E-state index contributed by atoms with van der Waals surface area (Å²) in [7, 11) is 1.64. The topological polar surface area (TPSA) is 77.1 Å². The number of nitrogens with zero attached hydrogens (tertiary/aromatic N) is 1. The molecule has 1 atom stereocenters. The summed E-state index contributed by atoms with van der Waals surface area (Å²) in [5.41, 5.74) is 0.446. The maximum atomic E-state index is 12.5. The van der Waals surface area contributed by atoms with Crippen molar-refractivity contribution in [2.45, 2.75) is 63.5 Å². The molecule has 30 heavy (non-hydrogen) atoms. The van der Waals surface area contributed by atoms with Crippen molar-refractivity contribution < 1.29 is 23.8 Å². The van der Waals surface area contributed by atoms with Crippen LogP contribution in [0.15, 0.2) is 18.2 Å². The number of carbonyl (C=O) groups is 2. The number of thioether (sulfide) groups is 1. The van der Waals surface area contributed by atoms with Crippen LogP contribution in [-0.2, 0) is 9.53 Å². The van der Waals surface area contributed by atoms with Gasteiger partial charge in [0.25, 0.3) is 0 Å². The van der Waals surface area contributed by atoms with E-state index in [1.807, 2.05) is 39.0 Å². The summed E-state index contributed by atoms with van der Waals surface area (Å²) in [6.45, 7) is 6.20. The molecule has 0 radical (unpaired) electrons. The molecular weight excluding hydrogens is 404 g/mol. The number of hydrogen-bond acceptors (Lipinski definition) is 6. The van der Waals surface area contributed by atoms with Crippen molar-refractivity contribution >= 4 is 23.8 Å². The monoisotopic (exact) mass is 436 g/mol. The second-order valence-electron chi connectivity index (χ2n) is 8.61. The Morgan fingerprint density at radius 2 is 1.97 bits per heavy atom. The average Bonchev–Trinajstić information content (AvgIpc) is 3.30. The molecule has 8 heteroatoms. The highest BCUT2D eigenvalue weighted by Crippen LogP contribution is 2.42. The minimum atomic E-state index is -0.551. The van der Waals surface area contributed by atoms with E-state index in [9.17, 15) is 9.59 Å². The molecule has 1 saturated carbocycles. The van der Waals surface area contributed by atoms with Crippen molar-refractivity contribution in [2.75, 3.05) is 26.0 Å². The molecule has 1 aromatic rings. The highest BCUT2D eigenvalue weighted by molar-refractivity contribution is 8.00. The minimum Gasteiger partial charge on any atom is -0.493 e. The largest absolute Gasteiger partial charge is 0.493 e. The minimum absolute atomic E-state index is 0.0602. The predicted molar refractivity (Wildman–Crippen MR) is 117 cm³/mol. The van der Waals surface area contributed by atoms with Gasteiger partial charge in [0.2, 0.25) is 5.91 Å². The Kier molecular flexibility index (Phi) is 7.39. The summed E-state index contributed by atoms with van der Waals surface area (Å²) < 4.78 is 16.9. The van der Waals surface area contributed by atoms with E-state index in [-0.39, 0.29) is 17.4 Å². The summed E-state index contributed by atoms with van der Waals surface area (Å²) >= 11 is 1.58. The van der Waals surface area contributed by atoms with E-state index in [0.29, 0.717) is 24.6 Å². The molecule has 1 aromatic carbocycles. The van der Waals surface area contributed by atoms with Gasteiger partial charge < -0.3 is 24.4 Å². The molecule has 0 aromatic heterocycles. The van der Waals surface area contributed by atoms with Crippen LogP contribution in [0.4, 0.5) is 4.79 Å². The number of ether oxygens (including phenoxy) is 3. The highest BCUT2D eigenvalue weighted by atomic mass is 32.2. The van der Waals surface area contributed by atoms with Gasteiger partial charge in [0.1, 0.15) is 11.0 Å². The van der Waals surface area contributed by atoms with Gasteiger partial charge in [-0.15, -0.1) is 11.8 Å². The summed E-state index contributed by atoms with van der Waals surface area (Å²) in [4.78, 5) is 26.1. The van der Waals surface area contributed by atoms with E-state index < -0.39 is 11.7 Å². The third kappa shape index (κ3) is 5.97. The third-order valence-corrected chi connectivity index (χ3v) is 6.31. The zero-order valence-corrected chi connectivity index (χ0v) is 19.0. The molecule has 1 saturated heterocycles. The van der Waals surface area contributed by atoms with Crippen LogP contribution in [0.5, 0.6) is 11.5 Å². The first-order valence-electron chi connectivity index (χ1n) is 10.5. The first-order chi connectivity index (χ1) is 14.3. The van der Waals surface area contributed by atoms with Gasteiger partial charge in [-0.1, -0.05) is 6.07 Å². The molecule has 1 unspecified atom stereocenters. The SMILES string of the molecule is COc1ccc(C2SCC(=O)N2CCNC(=O)OC(C)(C)C)cc1OC1CCCC1. The van der Waals surface area contributed by atoms with Crippen LogP contribution >= 0.6 is 11.8 Å². The van der Waals surface area contributed by atoms with Crippen LogP contribution in [0.2, 0.25) is 0 Å². The summed E-state index contributed by atoms with van der Waals surface area (Å²) in [5.74, 6) is 1.92. The third-order valence-electron chi connectivity index (χ3n) is 5.06. The molecule has 166 valence electrons. The van der Waals surface area contributed by atoms with Gasteiger partial charge >= 0.3 is 6.09 Å². The molecule has 0 bridgehead atoms. The van der Waals surface area contributed by atoms with Crippen LogP contribution in [0.3, 0.4) is 0 Å². The molecule has 1 aliphatic heterocycles. The van der Waals surface area contributed by atoms with E-state index >= 15 is 0 Å². The molecule has 7 nitrogen and oxygen atoms in total. The summed E-state index contributed by atoms with van der Waals surface area (Å²) in [5, 5.41) is 2.61. The summed E-state index contributed by atoms with van der Waals surface area (Å²) in [6.07, 6.45) is 4.26. The van der Waals surface area contributed by atoms with Crippen LogP contribution in [0, 0.1) is 0 Å². The van der Waals surface area contributed by atoms with Crippen LogP contribution in [0.1, 0.15) is 57.4 Å². The molecule has 0 spiro atoms. The van der Waals surface area contributed by atoms with Crippen molar-refractivity contribution in [1.82, 2.24) is 10.2 Å². The van der Waals surface area contributed by atoms with Gasteiger partial charge in [0.15, 0.2) is 11.5 Å². The van der Waals surface area contributed by atoms with Crippen molar-refractivity contribution in [1.29, 1.82) is 0 Å². The van der Waals surface area contributed by atoms with Gasteiger partial charge in [-0.25, -0.2) is 4.79 Å². The fourth-order valence-electron chi connectivity index (χ4n) is 3.69. The average molecular weight is 437 g/mol. The molecule has 1 heterocycles. The van der Waals surface area contributed by atoms with Crippen molar-refractivity contribution in [3.8, 4) is 11.5 Å². The van der Waals surface area contributed by atoms with E-state index in [2.05, 4.69) is 5.32 Å². The lowest BCUT2D eigenvalue weighted by Crippen LogP contribution is -2.39. The first kappa shape index (κ1) is 22.6. The van der Waals surface area contributed by atoms with Crippen molar-refractivity contribution in [3.05, 3.63) is 23.8 Å². The quantitative estimate of drug-likeness (QED) is 0.693. The lowest BCUT2D eigenvalue weighted by atomic mass is 10.1. The van der Waals surface area contributed by atoms with E-state index in [1.165, 1.54) is 12.8 Å². The lowest BCUT2D eigenvalue weighted by Gasteiger charge is -2.26. The first-order valence-corrected chi connectivity index (χ1v) is 11.5. The Bertz CT molecular complexity index is 758. The molecule has 1 N–H and O–H groups in total. The molecular formula is C22H32N2O5S. The maximum Gasteiger partial charge on any atom is 0.407 e. The number of amides is 2. The van der Waals surface area contributed by atoms with Crippen molar-refractivity contribution in [2.24, 2.45) is 0 Å². The Morgan fingerprint density at radius 3 is 2.63 bits per heavy atom. The summed E-state index contributed by atoms with van der Waals surface area (Å²) in [6, 6.07) is 5.87. The normalized spacial score (nSPS) is 19.8. The lowest BCUT2D eigenvalue weighted by molar-refractivity contribution is -0.128. The maximum absolute atomic E-state index is 12.5. The zero-order chi connectivity index (χ0) is 21.7. The highest BCUT2D eigenvalue weighted by Gasteiger charge is 2.33. The smallest absolute Gasteiger partial charge is 0.407 e. The number of rotatable bonds is 7. The number of benzene rings is 1. The van der Waals surface area contributed by atoms with Crippen molar-refractivity contribution in [3.63, 3.8) is 0 Å². The fourth-order valence-corrected chi connectivity index (χ4v) is 4.90. The Morgan fingerprint density at radius 1 is 1.23 bits per heavy atom. The molecule has 2 fully saturated rings. The van der Waals surface area contributed by atoms with E-state index in [0.717, 1.165) is 24.2 Å². The van der Waals surface area contributed by atoms with Gasteiger partial charge in [0.05, 0.1) is 19.0 Å².